The predicted octanol–water partition coefficient (Wildman–Crippen LogP) is 3.42. The topological polar surface area (TPSA) is 48.5 Å². The highest BCUT2D eigenvalue weighted by Crippen LogP contribution is 2.38. The Morgan fingerprint density at radius 2 is 1.81 bits per heavy atom. The van der Waals surface area contributed by atoms with Crippen molar-refractivity contribution in [2.75, 3.05) is 33.2 Å². The van der Waals surface area contributed by atoms with E-state index >= 15 is 0 Å². The molecule has 0 spiro atoms. The first kappa shape index (κ1) is 20.7. The van der Waals surface area contributed by atoms with Gasteiger partial charge >= 0.3 is 0 Å². The van der Waals surface area contributed by atoms with Crippen molar-refractivity contribution in [3.8, 4) is 11.3 Å². The third-order valence-corrected chi connectivity index (χ3v) is 7.53. The summed E-state index contributed by atoms with van der Waals surface area (Å²) in [5.41, 5.74) is 3.54. The first-order valence-electron chi connectivity index (χ1n) is 11.9. The van der Waals surface area contributed by atoms with Crippen LogP contribution in [-0.4, -0.2) is 60.0 Å². The summed E-state index contributed by atoms with van der Waals surface area (Å²) < 4.78 is 0. The highest BCUT2D eigenvalue weighted by atomic mass is 16.2. The van der Waals surface area contributed by atoms with Crippen molar-refractivity contribution in [1.82, 2.24) is 20.1 Å². The number of likely N-dealkylation sites (tertiary alicyclic amines) is 2. The summed E-state index contributed by atoms with van der Waals surface area (Å²) in [5, 5.41) is 3.48. The Morgan fingerprint density at radius 1 is 1.03 bits per heavy atom. The molecule has 0 radical (unpaired) electrons. The number of hydrogen-bond donors (Lipinski definition) is 1. The van der Waals surface area contributed by atoms with Crippen molar-refractivity contribution in [2.24, 2.45) is 17.8 Å². The maximum absolute atomic E-state index is 12.9. The lowest BCUT2D eigenvalue weighted by Gasteiger charge is -2.39. The minimum absolute atomic E-state index is 0.175. The van der Waals surface area contributed by atoms with Crippen molar-refractivity contribution in [3.63, 3.8) is 0 Å². The number of amides is 1. The average molecular weight is 419 g/mol. The molecule has 2 bridgehead atoms. The standard InChI is InChI=1S/C26H34N4O/c1-29-14-4-5-23(16-29)26(31)28-25-21-11-12-22(25)18-30(17-21)15-19-7-9-20(10-8-19)24-6-2-3-13-27-24/h2-3,6-10,13,21-23,25H,4-5,11-12,14-18H2,1H3,(H,28,31)/t21-,22+,23?,25?. The quantitative estimate of drug-likeness (QED) is 0.808. The van der Waals surface area contributed by atoms with Crippen LogP contribution in [-0.2, 0) is 11.3 Å². The Balaban J connectivity index is 1.17. The second kappa shape index (κ2) is 9.09. The lowest BCUT2D eigenvalue weighted by Crippen LogP contribution is -2.54. The van der Waals surface area contributed by atoms with Crippen LogP contribution in [0.3, 0.4) is 0 Å². The molecule has 3 heterocycles. The van der Waals surface area contributed by atoms with Crippen LogP contribution in [0.25, 0.3) is 11.3 Å². The van der Waals surface area contributed by atoms with E-state index in [1.54, 1.807) is 0 Å². The van der Waals surface area contributed by atoms with Crippen LogP contribution < -0.4 is 5.32 Å². The molecule has 1 aromatic carbocycles. The average Bonchev–Trinajstić information content (AvgIpc) is 3.02. The van der Waals surface area contributed by atoms with Crippen LogP contribution in [0.5, 0.6) is 0 Å². The molecule has 5 heteroatoms. The van der Waals surface area contributed by atoms with Gasteiger partial charge in [0.05, 0.1) is 11.6 Å². The maximum atomic E-state index is 12.9. The fraction of sp³-hybridized carbons (Fsp3) is 0.538. The largest absolute Gasteiger partial charge is 0.352 e. The molecule has 2 aliphatic heterocycles. The number of piperidine rings is 2. The number of nitrogens with zero attached hydrogens (tertiary/aromatic N) is 3. The summed E-state index contributed by atoms with van der Waals surface area (Å²) in [6.07, 6.45) is 6.51. The lowest BCUT2D eigenvalue weighted by molar-refractivity contribution is -0.128. The van der Waals surface area contributed by atoms with Crippen LogP contribution in [0.15, 0.2) is 48.7 Å². The number of nitrogens with one attached hydrogen (secondary N) is 1. The summed E-state index contributed by atoms with van der Waals surface area (Å²) in [4.78, 5) is 22.2. The summed E-state index contributed by atoms with van der Waals surface area (Å²) in [6.45, 7) is 5.20. The van der Waals surface area contributed by atoms with Crippen molar-refractivity contribution in [1.29, 1.82) is 0 Å². The summed E-state index contributed by atoms with van der Waals surface area (Å²) >= 11 is 0. The van der Waals surface area contributed by atoms with Gasteiger partial charge in [0.1, 0.15) is 0 Å². The fourth-order valence-electron chi connectivity index (χ4n) is 5.92. The number of pyridine rings is 1. The Hall–Kier alpha value is -2.24. The first-order valence-corrected chi connectivity index (χ1v) is 11.9. The molecule has 5 rings (SSSR count). The number of carbonyl (C=O) groups is 1. The molecule has 5 nitrogen and oxygen atoms in total. The molecular weight excluding hydrogens is 384 g/mol. The first-order chi connectivity index (χ1) is 15.2. The third kappa shape index (κ3) is 4.68. The lowest BCUT2D eigenvalue weighted by atomic mass is 9.90. The van der Waals surface area contributed by atoms with Crippen molar-refractivity contribution < 1.29 is 4.79 Å². The molecule has 31 heavy (non-hydrogen) atoms. The van der Waals surface area contributed by atoms with Crippen LogP contribution in [0.1, 0.15) is 31.2 Å². The van der Waals surface area contributed by atoms with E-state index in [0.29, 0.717) is 23.8 Å². The van der Waals surface area contributed by atoms with Gasteiger partial charge in [-0.05, 0) is 68.8 Å². The number of fused-ring (bicyclic) bond motifs is 2. The third-order valence-electron chi connectivity index (χ3n) is 7.53. The highest BCUT2D eigenvalue weighted by molar-refractivity contribution is 5.79. The predicted molar refractivity (Wildman–Crippen MR) is 123 cm³/mol. The van der Waals surface area contributed by atoms with Crippen LogP contribution in [0.4, 0.5) is 0 Å². The molecule has 1 aliphatic carbocycles. The highest BCUT2D eigenvalue weighted by Gasteiger charge is 2.43. The number of hydrogen-bond acceptors (Lipinski definition) is 4. The van der Waals surface area contributed by atoms with E-state index in [4.69, 9.17) is 0 Å². The number of rotatable bonds is 5. The second-order valence-electron chi connectivity index (χ2n) is 9.84. The number of aromatic nitrogens is 1. The molecule has 1 saturated carbocycles. The summed E-state index contributed by atoms with van der Waals surface area (Å²) in [6, 6.07) is 15.2. The van der Waals surface area contributed by atoms with Gasteiger partial charge in [-0.25, -0.2) is 0 Å². The van der Waals surface area contributed by atoms with Gasteiger partial charge in [-0.2, -0.15) is 0 Å². The Kier molecular flexibility index (Phi) is 6.06. The van der Waals surface area contributed by atoms with Gasteiger partial charge in [-0.1, -0.05) is 30.3 Å². The summed E-state index contributed by atoms with van der Waals surface area (Å²) in [7, 11) is 2.13. The molecule has 3 fully saturated rings. The van der Waals surface area contributed by atoms with Crippen LogP contribution in [0, 0.1) is 17.8 Å². The molecule has 2 aromatic rings. The van der Waals surface area contributed by atoms with Gasteiger partial charge in [-0.3, -0.25) is 14.7 Å². The molecule has 164 valence electrons. The van der Waals surface area contributed by atoms with Gasteiger partial charge in [0.15, 0.2) is 0 Å². The zero-order valence-corrected chi connectivity index (χ0v) is 18.5. The maximum Gasteiger partial charge on any atom is 0.224 e. The van der Waals surface area contributed by atoms with Crippen molar-refractivity contribution in [2.45, 2.75) is 38.3 Å². The molecule has 3 aliphatic rings. The molecule has 4 atom stereocenters. The van der Waals surface area contributed by atoms with Gasteiger partial charge in [-0.15, -0.1) is 0 Å². The molecule has 1 N–H and O–H groups in total. The SMILES string of the molecule is CN1CCCC(C(=O)NC2[C@@H]3CC[C@H]2CN(Cc2ccc(-c4ccccn4)cc2)C3)C1. The fourth-order valence-corrected chi connectivity index (χ4v) is 5.92. The van der Waals surface area contributed by atoms with Gasteiger partial charge in [0.2, 0.25) is 5.91 Å². The van der Waals surface area contributed by atoms with E-state index < -0.39 is 0 Å². The number of carbonyl (C=O) groups excluding carboxylic acids is 1. The molecule has 2 saturated heterocycles. The zero-order valence-electron chi connectivity index (χ0n) is 18.5. The molecular formula is C26H34N4O. The monoisotopic (exact) mass is 418 g/mol. The number of benzene rings is 1. The normalized spacial score (nSPS) is 29.1. The zero-order chi connectivity index (χ0) is 21.2. The van der Waals surface area contributed by atoms with Gasteiger partial charge < -0.3 is 10.2 Å². The molecule has 1 amide bonds. The minimum atomic E-state index is 0.175. The van der Waals surface area contributed by atoms with E-state index in [1.165, 1.54) is 24.0 Å². The van der Waals surface area contributed by atoms with E-state index in [9.17, 15) is 4.79 Å². The van der Waals surface area contributed by atoms with Gasteiger partial charge in [0.25, 0.3) is 0 Å². The molecule has 2 unspecified atom stereocenters. The Bertz CT molecular complexity index is 870. The van der Waals surface area contributed by atoms with Crippen LogP contribution >= 0.6 is 0 Å². The Morgan fingerprint density at radius 3 is 2.48 bits per heavy atom. The Labute approximate surface area is 185 Å². The minimum Gasteiger partial charge on any atom is -0.352 e. The van der Waals surface area contributed by atoms with Gasteiger partial charge in [0, 0.05) is 44.0 Å². The van der Waals surface area contributed by atoms with E-state index in [0.717, 1.165) is 51.3 Å². The molecule has 1 aromatic heterocycles. The van der Waals surface area contributed by atoms with Crippen molar-refractivity contribution >= 4 is 5.91 Å². The second-order valence-corrected chi connectivity index (χ2v) is 9.84. The smallest absolute Gasteiger partial charge is 0.224 e. The van der Waals surface area contributed by atoms with E-state index in [-0.39, 0.29) is 5.92 Å². The van der Waals surface area contributed by atoms with Crippen molar-refractivity contribution in [3.05, 3.63) is 54.2 Å². The van der Waals surface area contributed by atoms with E-state index in [2.05, 4.69) is 57.5 Å². The van der Waals surface area contributed by atoms with Crippen LogP contribution in [0.2, 0.25) is 0 Å². The summed E-state index contributed by atoms with van der Waals surface area (Å²) in [5.74, 6) is 1.66. The van der Waals surface area contributed by atoms with E-state index in [1.807, 2.05) is 18.3 Å².